The predicted octanol–water partition coefficient (Wildman–Crippen LogP) is -3.89. The summed E-state index contributed by atoms with van der Waals surface area (Å²) in [5, 5.41) is 14.0. The first-order chi connectivity index (χ1) is 3.41. The summed E-state index contributed by atoms with van der Waals surface area (Å²) in [5.41, 5.74) is 0. The Bertz CT molecular complexity index is 49.1. The Morgan fingerprint density at radius 2 is 1.10 bits per heavy atom. The van der Waals surface area contributed by atoms with Gasteiger partial charge in [0.05, 0.1) is 0 Å². The molecule has 10 heavy (non-hydrogen) atoms. The van der Waals surface area contributed by atoms with E-state index < -0.39 is 0 Å². The zero-order valence-electron chi connectivity index (χ0n) is 8.38. The van der Waals surface area contributed by atoms with Gasteiger partial charge >= 0.3 is 59.1 Å². The van der Waals surface area contributed by atoms with Crippen LogP contribution in [0.15, 0.2) is 0 Å². The van der Waals surface area contributed by atoms with Gasteiger partial charge < -0.3 is 17.0 Å². The average molecular weight is 195 g/mol. The van der Waals surface area contributed by atoms with Gasteiger partial charge in [0.15, 0.2) is 0 Å². The molecule has 3 nitrogen and oxygen atoms in total. The van der Waals surface area contributed by atoms with Gasteiger partial charge in [-0.2, -0.15) is 0 Å². The molecule has 6 heteroatoms. The molecule has 0 saturated carbocycles. The van der Waals surface area contributed by atoms with Gasteiger partial charge in [-0.15, -0.1) is 0 Å². The molecule has 0 fully saturated rings. The Morgan fingerprint density at radius 1 is 1.10 bits per heavy atom. The molecule has 0 atom stereocenters. The number of hydrogen-bond donors (Lipinski definition) is 2. The van der Waals surface area contributed by atoms with Gasteiger partial charge in [0.25, 0.3) is 0 Å². The Kier molecular flexibility index (Phi) is 30.6. The molecule has 0 rings (SSSR count). The van der Waals surface area contributed by atoms with E-state index in [1.165, 1.54) is 0 Å². The van der Waals surface area contributed by atoms with E-state index >= 15 is 0 Å². The van der Waals surface area contributed by atoms with E-state index in [0.29, 0.717) is 0 Å². The molecule has 0 aliphatic heterocycles. The Hall–Kier alpha value is 1.93. The van der Waals surface area contributed by atoms with E-state index in [9.17, 15) is 0 Å². The molecule has 0 aliphatic rings. The van der Waals surface area contributed by atoms with Crippen molar-refractivity contribution in [3.63, 3.8) is 0 Å². The molecule has 0 aromatic heterocycles. The summed E-state index contributed by atoms with van der Waals surface area (Å²) < 4.78 is 0. The van der Waals surface area contributed by atoms with E-state index in [1.54, 1.807) is 0 Å². The summed E-state index contributed by atoms with van der Waals surface area (Å²) >= 11 is 0. The summed E-state index contributed by atoms with van der Waals surface area (Å²) in [5.74, 6) is 0. The Morgan fingerprint density at radius 3 is 1.10 bits per heavy atom. The van der Waals surface area contributed by atoms with Crippen molar-refractivity contribution in [3.8, 4) is 0 Å². The van der Waals surface area contributed by atoms with Crippen molar-refractivity contribution in [1.82, 2.24) is 0 Å². The fourth-order valence-electron chi connectivity index (χ4n) is 0. The van der Waals surface area contributed by atoms with Crippen LogP contribution in [0.25, 0.3) is 0 Å². The standard InChI is InChI=1S/C4H12S.BH2O2.K.H2O.H/c1-5(2,3)4;2-1-3;;;/h1-4H3;2-3H;;1H2;/q;;+1;;-1. The molecule has 0 unspecified atom stereocenters. The normalized spacial score (nSPS) is 9.00. The first-order valence-corrected chi connectivity index (χ1v) is 5.42. The van der Waals surface area contributed by atoms with Crippen LogP contribution in [-0.2, 0) is 0 Å². The third-order valence-electron chi connectivity index (χ3n) is 0. The monoisotopic (exact) mass is 195 g/mol. The SMILES string of the molecule is CS(C)(C)C.O.O[B]O.[H-].[K+]. The maximum Gasteiger partial charge on any atom is 1.00 e. The van der Waals surface area contributed by atoms with Crippen molar-refractivity contribution in [2.45, 2.75) is 0 Å². The largest absolute Gasteiger partial charge is 1.00 e. The fourth-order valence-corrected chi connectivity index (χ4v) is 0. The van der Waals surface area contributed by atoms with Gasteiger partial charge in [0.2, 0.25) is 0 Å². The van der Waals surface area contributed by atoms with E-state index in [4.69, 9.17) is 10.0 Å². The molecule has 1 radical (unpaired) electrons. The molecular formula is C4H17BKO3S. The second-order valence-corrected chi connectivity index (χ2v) is 7.46. The van der Waals surface area contributed by atoms with E-state index in [1.807, 2.05) is 0 Å². The summed E-state index contributed by atoms with van der Waals surface area (Å²) in [4.78, 5) is 0. The van der Waals surface area contributed by atoms with E-state index in [2.05, 4.69) is 25.0 Å². The van der Waals surface area contributed by atoms with Crippen molar-refractivity contribution in [2.24, 2.45) is 0 Å². The minimum absolute atomic E-state index is 0. The quantitative estimate of drug-likeness (QED) is 0.388. The summed E-state index contributed by atoms with van der Waals surface area (Å²) in [6.07, 6.45) is 9.08. The van der Waals surface area contributed by atoms with Crippen LogP contribution in [0.3, 0.4) is 0 Å². The van der Waals surface area contributed by atoms with Crippen LogP contribution in [0.4, 0.5) is 0 Å². The smallest absolute Gasteiger partial charge is 1.00 e. The van der Waals surface area contributed by atoms with Crippen LogP contribution in [-0.4, -0.2) is 48.2 Å². The molecule has 0 heterocycles. The molecule has 0 bridgehead atoms. The van der Waals surface area contributed by atoms with Gasteiger partial charge in [-0.25, -0.2) is 0 Å². The maximum atomic E-state index is 7.00. The fraction of sp³-hybridized carbons (Fsp3) is 1.00. The van der Waals surface area contributed by atoms with Crippen molar-refractivity contribution in [3.05, 3.63) is 0 Å². The maximum absolute atomic E-state index is 7.00. The molecule has 61 valence electrons. The molecule has 4 N–H and O–H groups in total. The third kappa shape index (κ3) is 212. The van der Waals surface area contributed by atoms with Gasteiger partial charge in [0, 0.05) is 0 Å². The minimum atomic E-state index is -0.167. The van der Waals surface area contributed by atoms with Crippen molar-refractivity contribution >= 4 is 17.7 Å². The molecule has 0 spiro atoms. The summed E-state index contributed by atoms with van der Waals surface area (Å²) in [6, 6.07) is 0. The Balaban J connectivity index is -0.0000000183. The van der Waals surface area contributed by atoms with Gasteiger partial charge in [-0.05, 0) is 25.0 Å². The average Bonchev–Trinajstić information content (AvgIpc) is 1.27. The molecule has 0 aliphatic carbocycles. The first-order valence-electron chi connectivity index (χ1n) is 2.15. The van der Waals surface area contributed by atoms with Gasteiger partial charge in [0.1, 0.15) is 0 Å². The zero-order chi connectivity index (χ0) is 7.21. The van der Waals surface area contributed by atoms with Crippen LogP contribution in [0, 0.1) is 0 Å². The van der Waals surface area contributed by atoms with E-state index in [-0.39, 0.29) is 76.0 Å². The van der Waals surface area contributed by atoms with Crippen LogP contribution in [0.2, 0.25) is 0 Å². The van der Waals surface area contributed by atoms with Crippen LogP contribution >= 0.6 is 10.0 Å². The molecule has 0 aromatic carbocycles. The van der Waals surface area contributed by atoms with Crippen LogP contribution < -0.4 is 51.4 Å². The van der Waals surface area contributed by atoms with Crippen molar-refractivity contribution in [2.75, 3.05) is 25.0 Å². The second-order valence-electron chi connectivity index (χ2n) is 2.56. The molecule has 0 amide bonds. The first kappa shape index (κ1) is 22.7. The number of rotatable bonds is 0. The van der Waals surface area contributed by atoms with Crippen LogP contribution in [0.5, 0.6) is 0 Å². The molecular weight excluding hydrogens is 178 g/mol. The topological polar surface area (TPSA) is 72.0 Å². The summed E-state index contributed by atoms with van der Waals surface area (Å²) in [7, 11) is -0.167. The molecule has 0 saturated heterocycles. The minimum Gasteiger partial charge on any atom is -1.00 e. The van der Waals surface area contributed by atoms with E-state index in [0.717, 1.165) is 0 Å². The van der Waals surface area contributed by atoms with Crippen LogP contribution in [0.1, 0.15) is 1.43 Å². The summed E-state index contributed by atoms with van der Waals surface area (Å²) in [6.45, 7) is 0. The second kappa shape index (κ2) is 13.5. The van der Waals surface area contributed by atoms with Gasteiger partial charge in [-0.3, -0.25) is 10.0 Å². The van der Waals surface area contributed by atoms with Gasteiger partial charge in [-0.1, -0.05) is 0 Å². The number of hydrogen-bond acceptors (Lipinski definition) is 2. The Labute approximate surface area is 109 Å². The zero-order valence-corrected chi connectivity index (χ0v) is 11.3. The molecule has 0 aromatic rings. The van der Waals surface area contributed by atoms with Crippen molar-refractivity contribution in [1.29, 1.82) is 0 Å². The van der Waals surface area contributed by atoms with Crippen molar-refractivity contribution < 1.29 is 68.3 Å². The third-order valence-corrected chi connectivity index (χ3v) is 0. The predicted molar refractivity (Wildman–Crippen MR) is 46.2 cm³/mol.